The van der Waals surface area contributed by atoms with Crippen LogP contribution in [0.3, 0.4) is 0 Å². The van der Waals surface area contributed by atoms with Crippen LogP contribution in [0.5, 0.6) is 0 Å². The summed E-state index contributed by atoms with van der Waals surface area (Å²) in [6, 6.07) is 7.83. The maximum atomic E-state index is 12.6. The summed E-state index contributed by atoms with van der Waals surface area (Å²) in [6.07, 6.45) is 2.06. The molecular formula is C15H20N2O2S. The second kappa shape index (κ2) is 6.33. The Morgan fingerprint density at radius 2 is 1.95 bits per heavy atom. The molecular weight excluding hydrogens is 272 g/mol. The highest BCUT2D eigenvalue weighted by Crippen LogP contribution is 2.32. The van der Waals surface area contributed by atoms with E-state index in [0.717, 1.165) is 12.1 Å². The first-order valence-electron chi connectivity index (χ1n) is 6.86. The Hall–Kier alpha value is -1.46. The summed E-state index contributed by atoms with van der Waals surface area (Å²) in [7, 11) is 0. The number of amides is 1. The Labute approximate surface area is 124 Å². The molecule has 0 atom stereocenters. The van der Waals surface area contributed by atoms with E-state index in [0.29, 0.717) is 26.1 Å². The Morgan fingerprint density at radius 1 is 1.35 bits per heavy atom. The lowest BCUT2D eigenvalue weighted by atomic mass is 9.79. The summed E-state index contributed by atoms with van der Waals surface area (Å²) in [5.41, 5.74) is 7.04. The first-order valence-corrected chi connectivity index (χ1v) is 7.27. The van der Waals surface area contributed by atoms with E-state index in [1.807, 2.05) is 24.3 Å². The van der Waals surface area contributed by atoms with Gasteiger partial charge in [-0.15, -0.1) is 0 Å². The number of aryl methyl sites for hydroxylation is 1. The monoisotopic (exact) mass is 292 g/mol. The summed E-state index contributed by atoms with van der Waals surface area (Å²) in [5, 5.41) is 2.92. The SMILES string of the molecule is CCc1ccc(NC(=O)C2(C(N)=S)CCOCC2)cc1. The summed E-state index contributed by atoms with van der Waals surface area (Å²) < 4.78 is 5.31. The van der Waals surface area contributed by atoms with Gasteiger partial charge in [-0.2, -0.15) is 0 Å². The van der Waals surface area contributed by atoms with E-state index in [4.69, 9.17) is 22.7 Å². The number of hydrogen-bond donors (Lipinski definition) is 2. The van der Waals surface area contributed by atoms with Crippen molar-refractivity contribution in [2.24, 2.45) is 11.1 Å². The van der Waals surface area contributed by atoms with E-state index in [2.05, 4.69) is 12.2 Å². The molecule has 0 bridgehead atoms. The number of anilines is 1. The van der Waals surface area contributed by atoms with E-state index < -0.39 is 5.41 Å². The number of benzene rings is 1. The second-order valence-corrected chi connectivity index (χ2v) is 5.50. The average Bonchev–Trinajstić information content (AvgIpc) is 2.48. The molecule has 1 aliphatic rings. The van der Waals surface area contributed by atoms with Gasteiger partial charge >= 0.3 is 0 Å². The van der Waals surface area contributed by atoms with Gasteiger partial charge in [0.2, 0.25) is 5.91 Å². The van der Waals surface area contributed by atoms with Crippen LogP contribution >= 0.6 is 12.2 Å². The van der Waals surface area contributed by atoms with Gasteiger partial charge in [0.1, 0.15) is 5.41 Å². The van der Waals surface area contributed by atoms with Crippen LogP contribution in [0.25, 0.3) is 0 Å². The van der Waals surface area contributed by atoms with Crippen LogP contribution in [0.1, 0.15) is 25.3 Å². The number of carbonyl (C=O) groups is 1. The molecule has 1 aromatic carbocycles. The molecule has 20 heavy (non-hydrogen) atoms. The Morgan fingerprint density at radius 3 is 2.45 bits per heavy atom. The number of nitrogens with one attached hydrogen (secondary N) is 1. The van der Waals surface area contributed by atoms with Crippen LogP contribution in [-0.2, 0) is 16.0 Å². The third-order valence-corrected chi connectivity index (χ3v) is 4.26. The van der Waals surface area contributed by atoms with Crippen LogP contribution in [0.2, 0.25) is 0 Å². The Kier molecular flexibility index (Phi) is 4.73. The zero-order valence-electron chi connectivity index (χ0n) is 11.6. The Balaban J connectivity index is 2.13. The zero-order chi connectivity index (χ0) is 14.6. The molecule has 1 amide bonds. The van der Waals surface area contributed by atoms with E-state index in [1.165, 1.54) is 5.56 Å². The van der Waals surface area contributed by atoms with Gasteiger partial charge in [0.15, 0.2) is 0 Å². The van der Waals surface area contributed by atoms with Crippen molar-refractivity contribution in [2.75, 3.05) is 18.5 Å². The van der Waals surface area contributed by atoms with Crippen LogP contribution < -0.4 is 11.1 Å². The lowest BCUT2D eigenvalue weighted by molar-refractivity contribution is -0.126. The smallest absolute Gasteiger partial charge is 0.237 e. The fraction of sp³-hybridized carbons (Fsp3) is 0.467. The van der Waals surface area contributed by atoms with Crippen LogP contribution in [0.4, 0.5) is 5.69 Å². The van der Waals surface area contributed by atoms with E-state index in [1.54, 1.807) is 0 Å². The lowest BCUT2D eigenvalue weighted by Crippen LogP contribution is -2.49. The molecule has 0 radical (unpaired) electrons. The molecule has 108 valence electrons. The normalized spacial score (nSPS) is 17.4. The van der Waals surface area contributed by atoms with Gasteiger partial charge in [0, 0.05) is 18.9 Å². The molecule has 3 N–H and O–H groups in total. The zero-order valence-corrected chi connectivity index (χ0v) is 12.5. The van der Waals surface area contributed by atoms with Gasteiger partial charge in [-0.25, -0.2) is 0 Å². The predicted octanol–water partition coefficient (Wildman–Crippen LogP) is 2.27. The largest absolute Gasteiger partial charge is 0.392 e. The van der Waals surface area contributed by atoms with Crippen molar-refractivity contribution < 1.29 is 9.53 Å². The first kappa shape index (κ1) is 14.9. The fourth-order valence-corrected chi connectivity index (χ4v) is 2.68. The third kappa shape index (κ3) is 2.99. The maximum absolute atomic E-state index is 12.6. The van der Waals surface area contributed by atoms with E-state index in [-0.39, 0.29) is 10.9 Å². The van der Waals surface area contributed by atoms with Crippen molar-refractivity contribution >= 4 is 28.8 Å². The second-order valence-electron chi connectivity index (χ2n) is 5.06. The Bertz CT molecular complexity index is 493. The van der Waals surface area contributed by atoms with E-state index >= 15 is 0 Å². The number of nitrogens with two attached hydrogens (primary N) is 1. The molecule has 0 aliphatic carbocycles. The number of ether oxygens (including phenoxy) is 1. The molecule has 1 saturated heterocycles. The third-order valence-electron chi connectivity index (χ3n) is 3.87. The molecule has 2 rings (SSSR count). The number of rotatable bonds is 4. The van der Waals surface area contributed by atoms with Crippen LogP contribution in [-0.4, -0.2) is 24.1 Å². The molecule has 0 unspecified atom stereocenters. The number of thiocarbonyl (C=S) groups is 1. The average molecular weight is 292 g/mol. The fourth-order valence-electron chi connectivity index (χ4n) is 2.38. The molecule has 1 heterocycles. The highest BCUT2D eigenvalue weighted by atomic mass is 32.1. The lowest BCUT2D eigenvalue weighted by Gasteiger charge is -2.34. The molecule has 1 aliphatic heterocycles. The minimum absolute atomic E-state index is 0.127. The van der Waals surface area contributed by atoms with Crippen molar-refractivity contribution in [1.82, 2.24) is 0 Å². The minimum Gasteiger partial charge on any atom is -0.392 e. The van der Waals surface area contributed by atoms with Gasteiger partial charge < -0.3 is 15.8 Å². The summed E-state index contributed by atoms with van der Waals surface area (Å²) in [4.78, 5) is 12.8. The summed E-state index contributed by atoms with van der Waals surface area (Å²) in [5.74, 6) is -0.127. The topological polar surface area (TPSA) is 64.4 Å². The van der Waals surface area contributed by atoms with Crippen molar-refractivity contribution in [2.45, 2.75) is 26.2 Å². The maximum Gasteiger partial charge on any atom is 0.237 e. The first-order chi connectivity index (χ1) is 9.58. The quantitative estimate of drug-likeness (QED) is 0.836. The molecule has 1 fully saturated rings. The van der Waals surface area contributed by atoms with Gasteiger partial charge in [-0.3, -0.25) is 4.79 Å². The van der Waals surface area contributed by atoms with Crippen molar-refractivity contribution in [3.8, 4) is 0 Å². The molecule has 1 aromatic rings. The minimum atomic E-state index is -0.781. The van der Waals surface area contributed by atoms with Crippen molar-refractivity contribution in [3.05, 3.63) is 29.8 Å². The van der Waals surface area contributed by atoms with Crippen LogP contribution in [0, 0.1) is 5.41 Å². The summed E-state index contributed by atoms with van der Waals surface area (Å²) in [6.45, 7) is 3.12. The summed E-state index contributed by atoms with van der Waals surface area (Å²) >= 11 is 5.12. The number of carbonyl (C=O) groups excluding carboxylic acids is 1. The molecule has 4 nitrogen and oxygen atoms in total. The van der Waals surface area contributed by atoms with Gasteiger partial charge in [-0.1, -0.05) is 31.3 Å². The van der Waals surface area contributed by atoms with Gasteiger partial charge in [0.25, 0.3) is 0 Å². The van der Waals surface area contributed by atoms with Crippen molar-refractivity contribution in [1.29, 1.82) is 0 Å². The molecule has 0 spiro atoms. The molecule has 0 aromatic heterocycles. The standard InChI is InChI=1S/C15H20N2O2S/c1-2-11-3-5-12(6-4-11)17-14(18)15(13(16)20)7-9-19-10-8-15/h3-6H,2,7-10H2,1H3,(H2,16,20)(H,17,18). The van der Waals surface area contributed by atoms with Gasteiger partial charge in [0.05, 0.1) is 4.99 Å². The van der Waals surface area contributed by atoms with Gasteiger partial charge in [-0.05, 0) is 37.0 Å². The van der Waals surface area contributed by atoms with Crippen LogP contribution in [0.15, 0.2) is 24.3 Å². The highest BCUT2D eigenvalue weighted by molar-refractivity contribution is 7.80. The van der Waals surface area contributed by atoms with E-state index in [9.17, 15) is 4.79 Å². The van der Waals surface area contributed by atoms with Crippen molar-refractivity contribution in [3.63, 3.8) is 0 Å². The predicted molar refractivity (Wildman–Crippen MR) is 83.7 cm³/mol. The highest BCUT2D eigenvalue weighted by Gasteiger charge is 2.42. The molecule has 5 heteroatoms. The molecule has 0 saturated carbocycles. The number of hydrogen-bond acceptors (Lipinski definition) is 3.